The third-order valence-electron chi connectivity index (χ3n) is 5.07. The van der Waals surface area contributed by atoms with Crippen LogP contribution in [0.3, 0.4) is 0 Å². The van der Waals surface area contributed by atoms with Gasteiger partial charge in [0.05, 0.1) is 17.4 Å². The van der Waals surface area contributed by atoms with Gasteiger partial charge in [0.15, 0.2) is 0 Å². The van der Waals surface area contributed by atoms with Crippen LogP contribution in [0, 0.1) is 5.92 Å². The smallest absolute Gasteiger partial charge is 0.316 e. The molecule has 1 aromatic carbocycles. The molecule has 0 aromatic heterocycles. The molecule has 1 fully saturated rings. The Balaban J connectivity index is 0.00000338. The highest BCUT2D eigenvalue weighted by Gasteiger charge is 2.52. The van der Waals surface area contributed by atoms with Gasteiger partial charge in [-0.05, 0) is 42.9 Å². The number of benzene rings is 1. The number of hydrogen-bond donors (Lipinski definition) is 1. The number of esters is 1. The Morgan fingerprint density at radius 1 is 1.27 bits per heavy atom. The molecule has 1 unspecified atom stereocenters. The van der Waals surface area contributed by atoms with E-state index in [1.165, 1.54) is 11.4 Å². The number of hydrogen-bond acceptors (Lipinski definition) is 5. The topological polar surface area (TPSA) is 89.7 Å². The van der Waals surface area contributed by atoms with Crippen LogP contribution in [0.1, 0.15) is 38.7 Å². The number of nitrogens with zero attached hydrogens (tertiary/aromatic N) is 1. The van der Waals surface area contributed by atoms with Crippen molar-refractivity contribution < 1.29 is 17.9 Å². The van der Waals surface area contributed by atoms with E-state index in [0.29, 0.717) is 18.9 Å². The molecular weight excluding hydrogens is 376 g/mol. The maximum absolute atomic E-state index is 12.7. The summed E-state index contributed by atoms with van der Waals surface area (Å²) in [6.07, 6.45) is 2.08. The van der Waals surface area contributed by atoms with Gasteiger partial charge in [-0.3, -0.25) is 4.79 Å². The number of rotatable bonds is 8. The monoisotopic (exact) mass is 404 g/mol. The molecule has 26 heavy (non-hydrogen) atoms. The van der Waals surface area contributed by atoms with Gasteiger partial charge >= 0.3 is 5.97 Å². The van der Waals surface area contributed by atoms with Crippen molar-refractivity contribution in [3.63, 3.8) is 0 Å². The second-order valence-electron chi connectivity index (χ2n) is 7.12. The first-order valence-electron chi connectivity index (χ1n) is 8.56. The fraction of sp³-hybridized carbons (Fsp3) is 0.611. The number of halogens is 1. The van der Waals surface area contributed by atoms with Gasteiger partial charge in [-0.1, -0.05) is 26.0 Å². The van der Waals surface area contributed by atoms with E-state index in [2.05, 4.69) is 0 Å². The first kappa shape index (κ1) is 22.9. The standard InChI is InChI=1S/C18H28N2O4S.ClH/c1-13(2)16(19)9-12-20(3)25(22,23)15-7-5-14(6-8-15)18(10-11-18)17(21)24-4;/h5-8,13,16H,9-12,19H2,1-4H3;1H. The van der Waals surface area contributed by atoms with Gasteiger partial charge in [-0.25, -0.2) is 12.7 Å². The molecule has 2 N–H and O–H groups in total. The Morgan fingerprint density at radius 3 is 2.23 bits per heavy atom. The third kappa shape index (κ3) is 4.57. The van der Waals surface area contributed by atoms with Crippen molar-refractivity contribution in [1.29, 1.82) is 0 Å². The molecule has 6 nitrogen and oxygen atoms in total. The normalized spacial score (nSPS) is 16.9. The molecule has 0 aliphatic heterocycles. The molecule has 148 valence electrons. The lowest BCUT2D eigenvalue weighted by Crippen LogP contribution is -2.34. The summed E-state index contributed by atoms with van der Waals surface area (Å²) >= 11 is 0. The summed E-state index contributed by atoms with van der Waals surface area (Å²) in [7, 11) is -0.631. The number of nitrogens with two attached hydrogens (primary N) is 1. The summed E-state index contributed by atoms with van der Waals surface area (Å²) < 4.78 is 31.5. The van der Waals surface area contributed by atoms with Gasteiger partial charge in [0.2, 0.25) is 10.0 Å². The predicted molar refractivity (Wildman–Crippen MR) is 104 cm³/mol. The second-order valence-corrected chi connectivity index (χ2v) is 9.17. The van der Waals surface area contributed by atoms with E-state index in [1.54, 1.807) is 31.3 Å². The van der Waals surface area contributed by atoms with E-state index in [1.807, 2.05) is 13.8 Å². The number of methoxy groups -OCH3 is 1. The lowest BCUT2D eigenvalue weighted by Gasteiger charge is -2.21. The van der Waals surface area contributed by atoms with Gasteiger partial charge in [-0.15, -0.1) is 12.4 Å². The van der Waals surface area contributed by atoms with Gasteiger partial charge < -0.3 is 10.5 Å². The summed E-state index contributed by atoms with van der Waals surface area (Å²) in [5.74, 6) is 0.0475. The number of sulfonamides is 1. The van der Waals surface area contributed by atoms with Crippen molar-refractivity contribution in [1.82, 2.24) is 4.31 Å². The zero-order valence-corrected chi connectivity index (χ0v) is 17.4. The Morgan fingerprint density at radius 2 is 1.81 bits per heavy atom. The van der Waals surface area contributed by atoms with Crippen LogP contribution in [-0.2, 0) is 25.0 Å². The minimum Gasteiger partial charge on any atom is -0.468 e. The van der Waals surface area contributed by atoms with Crippen LogP contribution in [-0.4, -0.2) is 45.4 Å². The molecule has 2 rings (SSSR count). The lowest BCUT2D eigenvalue weighted by atomic mass is 9.96. The van der Waals surface area contributed by atoms with E-state index < -0.39 is 15.4 Å². The van der Waals surface area contributed by atoms with Crippen molar-refractivity contribution in [3.8, 4) is 0 Å². The molecule has 8 heteroatoms. The van der Waals surface area contributed by atoms with E-state index in [9.17, 15) is 13.2 Å². The van der Waals surface area contributed by atoms with Gasteiger partial charge in [0, 0.05) is 19.6 Å². The summed E-state index contributed by atoms with van der Waals surface area (Å²) in [6.45, 7) is 4.41. The van der Waals surface area contributed by atoms with Crippen LogP contribution in [0.15, 0.2) is 29.2 Å². The second kappa shape index (κ2) is 8.69. The highest BCUT2D eigenvalue weighted by molar-refractivity contribution is 7.89. The maximum Gasteiger partial charge on any atom is 0.316 e. The molecule has 0 saturated heterocycles. The Bertz CT molecular complexity index is 715. The molecule has 0 radical (unpaired) electrons. The average Bonchev–Trinajstić information content (AvgIpc) is 3.40. The summed E-state index contributed by atoms with van der Waals surface area (Å²) in [6, 6.07) is 6.52. The molecule has 1 atom stereocenters. The van der Waals surface area contributed by atoms with E-state index >= 15 is 0 Å². The summed E-state index contributed by atoms with van der Waals surface area (Å²) in [5, 5.41) is 0. The molecule has 0 bridgehead atoms. The molecule has 0 heterocycles. The van der Waals surface area contributed by atoms with Gasteiger partial charge in [-0.2, -0.15) is 0 Å². The first-order valence-corrected chi connectivity index (χ1v) is 10.00. The van der Waals surface area contributed by atoms with Crippen molar-refractivity contribution in [2.75, 3.05) is 20.7 Å². The van der Waals surface area contributed by atoms with Crippen molar-refractivity contribution in [3.05, 3.63) is 29.8 Å². The fourth-order valence-corrected chi connectivity index (χ4v) is 4.03. The van der Waals surface area contributed by atoms with Crippen LogP contribution < -0.4 is 5.73 Å². The fourth-order valence-electron chi connectivity index (χ4n) is 2.84. The largest absolute Gasteiger partial charge is 0.468 e. The third-order valence-corrected chi connectivity index (χ3v) is 6.95. The highest BCUT2D eigenvalue weighted by Crippen LogP contribution is 2.49. The average molecular weight is 405 g/mol. The summed E-state index contributed by atoms with van der Waals surface area (Å²) in [5.41, 5.74) is 6.22. The van der Waals surface area contributed by atoms with E-state index in [4.69, 9.17) is 10.5 Å². The number of carbonyl (C=O) groups excluding carboxylic acids is 1. The minimum absolute atomic E-state index is 0. The molecule has 0 amide bonds. The minimum atomic E-state index is -3.57. The van der Waals surface area contributed by atoms with Gasteiger partial charge in [0.1, 0.15) is 0 Å². The van der Waals surface area contributed by atoms with Crippen LogP contribution in [0.25, 0.3) is 0 Å². The molecule has 1 aliphatic rings. The highest BCUT2D eigenvalue weighted by atomic mass is 35.5. The predicted octanol–water partition coefficient (Wildman–Crippen LogP) is 2.31. The van der Waals surface area contributed by atoms with E-state index in [0.717, 1.165) is 18.4 Å². The zero-order valence-electron chi connectivity index (χ0n) is 15.8. The van der Waals surface area contributed by atoms with Crippen LogP contribution in [0.2, 0.25) is 0 Å². The Hall–Kier alpha value is -1.15. The quantitative estimate of drug-likeness (QED) is 0.671. The SMILES string of the molecule is COC(=O)C1(c2ccc(S(=O)(=O)N(C)CCC(N)C(C)C)cc2)CC1.Cl. The molecule has 0 spiro atoms. The molecule has 1 saturated carbocycles. The Labute approximate surface area is 162 Å². The van der Waals surface area contributed by atoms with Crippen LogP contribution in [0.4, 0.5) is 0 Å². The van der Waals surface area contributed by atoms with Gasteiger partial charge in [0.25, 0.3) is 0 Å². The first-order chi connectivity index (χ1) is 11.6. The van der Waals surface area contributed by atoms with E-state index in [-0.39, 0.29) is 29.3 Å². The van der Waals surface area contributed by atoms with Crippen LogP contribution in [0.5, 0.6) is 0 Å². The molecular formula is C18H29ClN2O4S. The zero-order chi connectivity index (χ0) is 18.8. The summed E-state index contributed by atoms with van der Waals surface area (Å²) in [4.78, 5) is 12.1. The number of ether oxygens (including phenoxy) is 1. The number of carbonyl (C=O) groups is 1. The van der Waals surface area contributed by atoms with Crippen LogP contribution >= 0.6 is 12.4 Å². The van der Waals surface area contributed by atoms with Crippen molar-refractivity contribution in [2.24, 2.45) is 11.7 Å². The van der Waals surface area contributed by atoms with Crippen molar-refractivity contribution in [2.45, 2.75) is 49.5 Å². The lowest BCUT2D eigenvalue weighted by molar-refractivity contribution is -0.143. The molecule has 1 aliphatic carbocycles. The maximum atomic E-state index is 12.7. The molecule has 1 aromatic rings. The van der Waals surface area contributed by atoms with Crippen molar-refractivity contribution >= 4 is 28.4 Å². The Kier molecular flexibility index (Phi) is 7.65.